The maximum atomic E-state index is 12.9. The highest BCUT2D eigenvalue weighted by Crippen LogP contribution is 2.32. The number of nitro groups is 1. The highest BCUT2D eigenvalue weighted by Gasteiger charge is 2.31. The van der Waals surface area contributed by atoms with Crippen LogP contribution >= 0.6 is 11.8 Å². The maximum absolute atomic E-state index is 12.9. The number of rotatable bonds is 6. The number of hydrogen-bond acceptors (Lipinski definition) is 7. The Hall–Kier alpha value is -3.93. The van der Waals surface area contributed by atoms with Crippen LogP contribution in [-0.2, 0) is 17.4 Å². The van der Waals surface area contributed by atoms with Crippen molar-refractivity contribution in [2.75, 3.05) is 0 Å². The number of carbonyl (C=O) groups excluding carboxylic acids is 1. The molecule has 0 aliphatic carbocycles. The zero-order valence-corrected chi connectivity index (χ0v) is 18.0. The molecule has 12 heteroatoms. The zero-order valence-electron chi connectivity index (χ0n) is 17.2. The number of amides is 1. The van der Waals surface area contributed by atoms with E-state index in [0.717, 1.165) is 23.9 Å². The smallest absolute Gasteiger partial charge is 0.416 e. The second-order valence-electron chi connectivity index (χ2n) is 7.16. The van der Waals surface area contributed by atoms with Crippen LogP contribution in [0.5, 0.6) is 0 Å². The third-order valence-electron chi connectivity index (χ3n) is 4.75. The molecule has 2 aromatic carbocycles. The lowest BCUT2D eigenvalue weighted by molar-refractivity contribution is -0.384. The van der Waals surface area contributed by atoms with Crippen LogP contribution in [0.2, 0.25) is 0 Å². The van der Waals surface area contributed by atoms with Crippen molar-refractivity contribution in [2.45, 2.75) is 17.8 Å². The average molecular weight is 488 g/mol. The van der Waals surface area contributed by atoms with Crippen LogP contribution in [-0.4, -0.2) is 27.5 Å². The molecule has 1 unspecified atom stereocenters. The van der Waals surface area contributed by atoms with Crippen LogP contribution in [0.4, 0.5) is 18.9 Å². The second kappa shape index (κ2) is 9.51. The number of amidine groups is 1. The Balaban J connectivity index is 1.40. The zero-order chi connectivity index (χ0) is 24.3. The van der Waals surface area contributed by atoms with Crippen molar-refractivity contribution in [3.8, 4) is 11.3 Å². The molecule has 0 saturated carbocycles. The molecule has 2 heterocycles. The van der Waals surface area contributed by atoms with Gasteiger partial charge < -0.3 is 9.73 Å². The second-order valence-corrected chi connectivity index (χ2v) is 8.35. The molecule has 34 heavy (non-hydrogen) atoms. The number of nitro benzene ring substituents is 1. The molecule has 1 aromatic heterocycles. The van der Waals surface area contributed by atoms with Gasteiger partial charge in [-0.2, -0.15) is 18.3 Å². The van der Waals surface area contributed by atoms with Crippen LogP contribution in [0, 0.1) is 10.1 Å². The predicted octanol–water partition coefficient (Wildman–Crippen LogP) is 5.04. The lowest BCUT2D eigenvalue weighted by atomic mass is 10.1. The van der Waals surface area contributed by atoms with Gasteiger partial charge in [-0.1, -0.05) is 36.0 Å². The Morgan fingerprint density at radius 2 is 1.94 bits per heavy atom. The van der Waals surface area contributed by atoms with E-state index in [1.54, 1.807) is 12.1 Å². The molecule has 1 aliphatic heterocycles. The van der Waals surface area contributed by atoms with E-state index in [2.05, 4.69) is 15.5 Å². The Morgan fingerprint density at radius 1 is 1.15 bits per heavy atom. The summed E-state index contributed by atoms with van der Waals surface area (Å²) in [5, 5.41) is 21.0. The van der Waals surface area contributed by atoms with Crippen molar-refractivity contribution < 1.29 is 27.3 Å². The van der Waals surface area contributed by atoms with Gasteiger partial charge in [-0.25, -0.2) is 0 Å². The number of nitrogens with one attached hydrogen (secondary N) is 1. The average Bonchev–Trinajstić information content (AvgIpc) is 3.40. The number of non-ortho nitro benzene ring substituents is 1. The molecule has 174 valence electrons. The topological polar surface area (TPSA) is 110 Å². The quantitative estimate of drug-likeness (QED) is 0.297. The molecule has 3 aromatic rings. The minimum atomic E-state index is -4.46. The highest BCUT2D eigenvalue weighted by atomic mass is 32.2. The fourth-order valence-electron chi connectivity index (χ4n) is 3.16. The summed E-state index contributed by atoms with van der Waals surface area (Å²) in [6.45, 7) is 0. The molecule has 8 nitrogen and oxygen atoms in total. The molecule has 1 amide bonds. The van der Waals surface area contributed by atoms with Crippen LogP contribution in [0.15, 0.2) is 75.3 Å². The van der Waals surface area contributed by atoms with Gasteiger partial charge in [0.25, 0.3) is 5.69 Å². The molecule has 0 radical (unpaired) electrons. The minimum absolute atomic E-state index is 0.0534. The molecular formula is C22H15F3N4O4S. The van der Waals surface area contributed by atoms with Gasteiger partial charge in [-0.3, -0.25) is 14.9 Å². The largest absolute Gasteiger partial charge is 0.455 e. The summed E-state index contributed by atoms with van der Waals surface area (Å²) in [6, 6.07) is 13.9. The lowest BCUT2D eigenvalue weighted by Gasteiger charge is -2.07. The Bertz CT molecular complexity index is 1300. The number of halogens is 3. The molecule has 1 saturated heterocycles. The van der Waals surface area contributed by atoms with Crippen molar-refractivity contribution >= 4 is 34.7 Å². The first-order chi connectivity index (χ1) is 16.2. The van der Waals surface area contributed by atoms with E-state index in [9.17, 15) is 28.1 Å². The molecule has 1 aliphatic rings. The van der Waals surface area contributed by atoms with Gasteiger partial charge in [0.2, 0.25) is 5.91 Å². The van der Waals surface area contributed by atoms with Crippen LogP contribution < -0.4 is 5.32 Å². The van der Waals surface area contributed by atoms with E-state index in [4.69, 9.17) is 4.42 Å². The van der Waals surface area contributed by atoms with E-state index in [0.29, 0.717) is 5.56 Å². The molecular weight excluding hydrogens is 473 g/mol. The molecule has 0 bridgehead atoms. The number of thioether (sulfide) groups is 1. The fourth-order valence-corrected chi connectivity index (χ4v) is 4.13. The normalized spacial score (nSPS) is 17.4. The van der Waals surface area contributed by atoms with Crippen LogP contribution in [0.25, 0.3) is 11.3 Å². The summed E-state index contributed by atoms with van der Waals surface area (Å²) in [7, 11) is 0. The summed E-state index contributed by atoms with van der Waals surface area (Å²) in [5.74, 6) is 0.204. The van der Waals surface area contributed by atoms with Crippen molar-refractivity contribution in [3.05, 3.63) is 87.7 Å². The van der Waals surface area contributed by atoms with Gasteiger partial charge in [0, 0.05) is 17.7 Å². The van der Waals surface area contributed by atoms with Crippen LogP contribution in [0.1, 0.15) is 16.9 Å². The summed E-state index contributed by atoms with van der Waals surface area (Å²) in [4.78, 5) is 22.6. The van der Waals surface area contributed by atoms with Gasteiger partial charge in [0.1, 0.15) is 11.5 Å². The van der Waals surface area contributed by atoms with Crippen molar-refractivity contribution in [1.29, 1.82) is 0 Å². The number of benzene rings is 2. The SMILES string of the molecule is O=C1N/C(=N\N=C\c2ccc(-c3cccc(C(F)(F)F)c3)o2)SC1Cc1cccc([N+](=O)[O-])c1. The van der Waals surface area contributed by atoms with Gasteiger partial charge in [-0.15, -0.1) is 5.10 Å². The van der Waals surface area contributed by atoms with Gasteiger partial charge >= 0.3 is 6.18 Å². The number of furan rings is 1. The Kier molecular flexibility index (Phi) is 6.50. The summed E-state index contributed by atoms with van der Waals surface area (Å²) in [5.41, 5.74) is 0.0757. The summed E-state index contributed by atoms with van der Waals surface area (Å²) < 4.78 is 44.2. The van der Waals surface area contributed by atoms with E-state index in [1.807, 2.05) is 0 Å². The Labute approximate surface area is 194 Å². The van der Waals surface area contributed by atoms with Crippen molar-refractivity contribution in [3.63, 3.8) is 0 Å². The predicted molar refractivity (Wildman–Crippen MR) is 120 cm³/mol. The third-order valence-corrected chi connectivity index (χ3v) is 5.83. The lowest BCUT2D eigenvalue weighted by Crippen LogP contribution is -2.25. The van der Waals surface area contributed by atoms with E-state index >= 15 is 0 Å². The Morgan fingerprint density at radius 3 is 2.71 bits per heavy atom. The van der Waals surface area contributed by atoms with E-state index in [1.165, 1.54) is 42.6 Å². The first kappa shape index (κ1) is 23.2. The number of nitrogens with zero attached hydrogens (tertiary/aromatic N) is 3. The van der Waals surface area contributed by atoms with E-state index in [-0.39, 0.29) is 40.3 Å². The first-order valence-electron chi connectivity index (χ1n) is 9.78. The third kappa shape index (κ3) is 5.52. The molecule has 1 N–H and O–H groups in total. The maximum Gasteiger partial charge on any atom is 0.416 e. The number of hydrogen-bond donors (Lipinski definition) is 1. The summed E-state index contributed by atoms with van der Waals surface area (Å²) in [6.07, 6.45) is -2.91. The number of alkyl halides is 3. The molecule has 1 fully saturated rings. The molecule has 1 atom stereocenters. The van der Waals surface area contributed by atoms with Gasteiger partial charge in [0.15, 0.2) is 5.17 Å². The minimum Gasteiger partial charge on any atom is -0.455 e. The first-order valence-corrected chi connectivity index (χ1v) is 10.7. The van der Waals surface area contributed by atoms with Crippen molar-refractivity contribution in [1.82, 2.24) is 5.32 Å². The number of carbonyl (C=O) groups is 1. The monoisotopic (exact) mass is 488 g/mol. The fraction of sp³-hybridized carbons (Fsp3) is 0.136. The summed E-state index contributed by atoms with van der Waals surface area (Å²) >= 11 is 1.14. The molecule has 0 spiro atoms. The van der Waals surface area contributed by atoms with Gasteiger partial charge in [-0.05, 0) is 36.2 Å². The van der Waals surface area contributed by atoms with Gasteiger partial charge in [0.05, 0.1) is 22.0 Å². The van der Waals surface area contributed by atoms with Crippen LogP contribution in [0.3, 0.4) is 0 Å². The highest BCUT2D eigenvalue weighted by molar-refractivity contribution is 8.15. The van der Waals surface area contributed by atoms with E-state index < -0.39 is 21.9 Å². The standard InChI is InChI=1S/C22H15F3N4O4S/c23-22(24,25)15-5-2-4-14(11-15)18-8-7-17(33-18)12-26-28-21-27-20(30)19(34-21)10-13-3-1-6-16(9-13)29(31)32/h1-9,11-12,19H,10H2,(H,27,28,30)/b26-12+. The molecule has 4 rings (SSSR count). The van der Waals surface area contributed by atoms with Crippen molar-refractivity contribution in [2.24, 2.45) is 10.2 Å².